The number of ether oxygens (including phenoxy) is 2. The number of amides is 2. The fourth-order valence-corrected chi connectivity index (χ4v) is 4.74. The van der Waals surface area contributed by atoms with Gasteiger partial charge in [-0.3, -0.25) is 9.59 Å². The fourth-order valence-electron chi connectivity index (χ4n) is 4.39. The number of rotatable bonds is 9. The van der Waals surface area contributed by atoms with Crippen LogP contribution < -0.4 is 14.8 Å². The summed E-state index contributed by atoms with van der Waals surface area (Å²) in [6.07, 6.45) is 3.96. The molecule has 0 unspecified atom stereocenters. The molecule has 1 aliphatic rings. The van der Waals surface area contributed by atoms with Crippen molar-refractivity contribution in [1.29, 1.82) is 0 Å². The van der Waals surface area contributed by atoms with E-state index in [1.807, 2.05) is 18.2 Å². The lowest BCUT2D eigenvalue weighted by Crippen LogP contribution is -2.47. The Labute approximate surface area is 211 Å². The van der Waals surface area contributed by atoms with Crippen LogP contribution in [-0.2, 0) is 16.1 Å². The molecule has 2 amide bonds. The topological polar surface area (TPSA) is 67.9 Å². The molecule has 0 aliphatic heterocycles. The van der Waals surface area contributed by atoms with Gasteiger partial charge in [-0.1, -0.05) is 42.8 Å². The van der Waals surface area contributed by atoms with E-state index >= 15 is 0 Å². The predicted molar refractivity (Wildman–Crippen MR) is 135 cm³/mol. The molecule has 0 radical (unpaired) electrons. The minimum absolute atomic E-state index is 0.0691. The Balaban J connectivity index is 2.01. The summed E-state index contributed by atoms with van der Waals surface area (Å²) in [4.78, 5) is 28.3. The molecule has 184 valence electrons. The van der Waals surface area contributed by atoms with Gasteiger partial charge in [0.2, 0.25) is 11.8 Å². The van der Waals surface area contributed by atoms with Crippen LogP contribution in [0.5, 0.6) is 11.5 Å². The molecule has 0 aromatic heterocycles. The first-order valence-corrected chi connectivity index (χ1v) is 12.4. The Morgan fingerprint density at radius 2 is 1.74 bits per heavy atom. The average molecular weight is 507 g/mol. The zero-order chi connectivity index (χ0) is 24.7. The zero-order valence-electron chi connectivity index (χ0n) is 19.9. The molecular weight excluding hydrogens is 475 g/mol. The van der Waals surface area contributed by atoms with Crippen molar-refractivity contribution in [1.82, 2.24) is 10.2 Å². The molecule has 0 spiro atoms. The molecule has 0 saturated heterocycles. The lowest BCUT2D eigenvalue weighted by molar-refractivity contribution is -0.140. The highest BCUT2D eigenvalue weighted by atomic mass is 35.5. The number of methoxy groups -OCH3 is 2. The molecule has 1 saturated carbocycles. The summed E-state index contributed by atoms with van der Waals surface area (Å²) in [6, 6.07) is 11.7. The van der Waals surface area contributed by atoms with Gasteiger partial charge in [-0.25, -0.2) is 0 Å². The third-order valence-corrected chi connectivity index (χ3v) is 6.98. The quantitative estimate of drug-likeness (QED) is 0.464. The third-order valence-electron chi connectivity index (χ3n) is 6.38. The van der Waals surface area contributed by atoms with Crippen LogP contribution in [0.15, 0.2) is 42.5 Å². The average Bonchev–Trinajstić information content (AvgIpc) is 2.85. The molecular formula is C26H32Cl2N2O4. The lowest BCUT2D eigenvalue weighted by atomic mass is 9.87. The van der Waals surface area contributed by atoms with Crippen molar-refractivity contribution in [2.24, 2.45) is 5.92 Å². The van der Waals surface area contributed by atoms with Gasteiger partial charge in [0.25, 0.3) is 0 Å². The number of hydrogen-bond donors (Lipinski definition) is 1. The highest BCUT2D eigenvalue weighted by Gasteiger charge is 2.34. The number of nitrogens with zero attached hydrogens (tertiary/aromatic N) is 1. The van der Waals surface area contributed by atoms with Crippen molar-refractivity contribution in [3.05, 3.63) is 58.6 Å². The maximum atomic E-state index is 13.7. The lowest BCUT2D eigenvalue weighted by Gasteiger charge is -2.34. The smallest absolute Gasteiger partial charge is 0.247 e. The Kier molecular flexibility index (Phi) is 9.48. The van der Waals surface area contributed by atoms with Crippen LogP contribution in [0.1, 0.15) is 49.8 Å². The van der Waals surface area contributed by atoms with Gasteiger partial charge >= 0.3 is 0 Å². The van der Waals surface area contributed by atoms with Gasteiger partial charge in [-0.05, 0) is 60.9 Å². The third kappa shape index (κ3) is 6.36. The summed E-state index contributed by atoms with van der Waals surface area (Å²) in [6.45, 7) is 2.37. The molecule has 3 rings (SSSR count). The van der Waals surface area contributed by atoms with Crippen LogP contribution in [0.4, 0.5) is 0 Å². The minimum atomic E-state index is -0.915. The molecule has 34 heavy (non-hydrogen) atoms. The Bertz CT molecular complexity index is 993. The van der Waals surface area contributed by atoms with Crippen molar-refractivity contribution in [3.63, 3.8) is 0 Å². The van der Waals surface area contributed by atoms with E-state index < -0.39 is 6.04 Å². The van der Waals surface area contributed by atoms with Crippen LogP contribution in [0, 0.1) is 5.92 Å². The van der Waals surface area contributed by atoms with E-state index in [2.05, 4.69) is 12.2 Å². The normalized spacial score (nSPS) is 18.6. The summed E-state index contributed by atoms with van der Waals surface area (Å²) < 4.78 is 10.8. The van der Waals surface area contributed by atoms with Gasteiger partial charge in [0.1, 0.15) is 11.9 Å². The Morgan fingerprint density at radius 3 is 2.35 bits per heavy atom. The maximum absolute atomic E-state index is 13.7. The van der Waals surface area contributed by atoms with Gasteiger partial charge in [-0.15, -0.1) is 11.6 Å². The van der Waals surface area contributed by atoms with Crippen LogP contribution in [0.25, 0.3) is 0 Å². The van der Waals surface area contributed by atoms with Crippen LogP contribution in [0.2, 0.25) is 5.02 Å². The van der Waals surface area contributed by atoms with Gasteiger partial charge in [0.05, 0.1) is 14.2 Å². The number of benzene rings is 2. The van der Waals surface area contributed by atoms with Crippen molar-refractivity contribution >= 4 is 35.0 Å². The zero-order valence-corrected chi connectivity index (χ0v) is 21.4. The van der Waals surface area contributed by atoms with E-state index in [1.165, 1.54) is 12.0 Å². The molecule has 8 heteroatoms. The van der Waals surface area contributed by atoms with Gasteiger partial charge in [0.15, 0.2) is 11.5 Å². The van der Waals surface area contributed by atoms with E-state index in [0.29, 0.717) is 28.0 Å². The predicted octanol–water partition coefficient (Wildman–Crippen LogP) is 5.36. The van der Waals surface area contributed by atoms with Gasteiger partial charge < -0.3 is 19.7 Å². The van der Waals surface area contributed by atoms with E-state index in [1.54, 1.807) is 31.4 Å². The maximum Gasteiger partial charge on any atom is 0.247 e. The number of hydrogen-bond acceptors (Lipinski definition) is 4. The molecule has 1 N–H and O–H groups in total. The van der Waals surface area contributed by atoms with E-state index in [4.69, 9.17) is 32.7 Å². The van der Waals surface area contributed by atoms with Gasteiger partial charge in [0, 0.05) is 17.6 Å². The number of alkyl halides is 1. The first kappa shape index (κ1) is 26.2. The highest BCUT2D eigenvalue weighted by molar-refractivity contribution is 6.31. The van der Waals surface area contributed by atoms with Crippen molar-refractivity contribution in [3.8, 4) is 11.5 Å². The molecule has 0 heterocycles. The summed E-state index contributed by atoms with van der Waals surface area (Å²) >= 11 is 12.4. The molecule has 0 bridgehead atoms. The van der Waals surface area contributed by atoms with E-state index in [9.17, 15) is 9.59 Å². The summed E-state index contributed by atoms with van der Waals surface area (Å²) in [5, 5.41) is 3.70. The minimum Gasteiger partial charge on any atom is -0.493 e. The summed E-state index contributed by atoms with van der Waals surface area (Å²) in [5.74, 6) is 0.784. The number of carbonyl (C=O) groups is 2. The molecule has 2 aromatic rings. The molecule has 1 fully saturated rings. The van der Waals surface area contributed by atoms with E-state index in [0.717, 1.165) is 31.2 Å². The second-order valence-electron chi connectivity index (χ2n) is 8.73. The number of carbonyl (C=O) groups excluding carboxylic acids is 2. The first-order chi connectivity index (χ1) is 16.4. The number of nitrogens with one attached hydrogen (secondary N) is 1. The highest BCUT2D eigenvalue weighted by Crippen LogP contribution is 2.34. The first-order valence-electron chi connectivity index (χ1n) is 11.5. The van der Waals surface area contributed by atoms with Crippen LogP contribution in [0.3, 0.4) is 0 Å². The fraction of sp³-hybridized carbons (Fsp3) is 0.462. The second kappa shape index (κ2) is 12.3. The summed E-state index contributed by atoms with van der Waals surface area (Å²) in [7, 11) is 3.08. The molecule has 1 atom stereocenters. The van der Waals surface area contributed by atoms with E-state index in [-0.39, 0.29) is 30.3 Å². The standard InChI is InChI=1S/C26H32Cl2N2O4/c1-17-8-11-20(12-9-17)29-26(32)25(18-10-13-22(33-2)23(14-18)34-3)30(24(31)15-27)16-19-6-4-5-7-21(19)28/h4-7,10,13-14,17,20,25H,8-9,11-12,15-16H2,1-3H3,(H,29,32)/t17?,20?,25-/m1/s1. The van der Waals surface area contributed by atoms with Crippen molar-refractivity contribution in [2.75, 3.05) is 20.1 Å². The SMILES string of the molecule is COc1ccc([C@H](C(=O)NC2CCC(C)CC2)N(Cc2ccccc2Cl)C(=O)CCl)cc1OC. The van der Waals surface area contributed by atoms with Crippen LogP contribution in [-0.4, -0.2) is 42.9 Å². The monoisotopic (exact) mass is 506 g/mol. The Morgan fingerprint density at radius 1 is 1.06 bits per heavy atom. The molecule has 6 nitrogen and oxygen atoms in total. The van der Waals surface area contributed by atoms with Crippen molar-refractivity contribution < 1.29 is 19.1 Å². The van der Waals surface area contributed by atoms with Crippen LogP contribution >= 0.6 is 23.2 Å². The largest absolute Gasteiger partial charge is 0.493 e. The number of halogens is 2. The molecule has 2 aromatic carbocycles. The second-order valence-corrected chi connectivity index (χ2v) is 9.40. The summed E-state index contributed by atoms with van der Waals surface area (Å²) in [5.41, 5.74) is 1.33. The van der Waals surface area contributed by atoms with Gasteiger partial charge in [-0.2, -0.15) is 0 Å². The van der Waals surface area contributed by atoms with Crippen molar-refractivity contribution in [2.45, 2.75) is 51.2 Å². The molecule has 1 aliphatic carbocycles. The Hall–Kier alpha value is -2.44.